The molecule has 1 aromatic carbocycles. The predicted molar refractivity (Wildman–Crippen MR) is 105 cm³/mol. The molecule has 0 spiro atoms. The minimum atomic E-state index is -3.42. The molecule has 140 valence electrons. The summed E-state index contributed by atoms with van der Waals surface area (Å²) in [6, 6.07) is 5.65. The Bertz CT molecular complexity index is 764. The maximum absolute atomic E-state index is 12.8. The van der Waals surface area contributed by atoms with Gasteiger partial charge in [0, 0.05) is 38.6 Å². The molecule has 0 saturated heterocycles. The average molecular weight is 366 g/mol. The Kier molecular flexibility index (Phi) is 6.10. The van der Waals surface area contributed by atoms with Crippen LogP contribution in [0, 0.1) is 0 Å². The number of unbranched alkanes of at least 4 members (excludes halogenated alkanes) is 2. The number of fused-ring (bicyclic) bond motifs is 1. The maximum atomic E-state index is 12.8. The van der Waals surface area contributed by atoms with Crippen molar-refractivity contribution in [1.82, 2.24) is 4.31 Å². The van der Waals surface area contributed by atoms with Crippen LogP contribution >= 0.6 is 0 Å². The van der Waals surface area contributed by atoms with Crippen LogP contribution in [0.4, 0.5) is 5.69 Å². The van der Waals surface area contributed by atoms with Gasteiger partial charge >= 0.3 is 0 Å². The molecule has 2 rings (SSSR count). The summed E-state index contributed by atoms with van der Waals surface area (Å²) in [7, 11) is -1.76. The lowest BCUT2D eigenvalue weighted by molar-refractivity contribution is -0.439. The fraction of sp³-hybridized carbons (Fsp3) is 0.650. The van der Waals surface area contributed by atoms with Gasteiger partial charge in [0.2, 0.25) is 15.7 Å². The van der Waals surface area contributed by atoms with Crippen molar-refractivity contribution in [3.63, 3.8) is 0 Å². The molecule has 25 heavy (non-hydrogen) atoms. The van der Waals surface area contributed by atoms with Crippen molar-refractivity contribution in [2.24, 2.45) is 0 Å². The second kappa shape index (κ2) is 7.58. The van der Waals surface area contributed by atoms with Gasteiger partial charge in [0.15, 0.2) is 5.71 Å². The fourth-order valence-electron chi connectivity index (χ4n) is 3.55. The van der Waals surface area contributed by atoms with Crippen LogP contribution in [-0.2, 0) is 15.4 Å². The van der Waals surface area contributed by atoms with Gasteiger partial charge in [0.25, 0.3) is 0 Å². The van der Waals surface area contributed by atoms with E-state index >= 15 is 0 Å². The number of sulfonamides is 1. The lowest BCUT2D eigenvalue weighted by Crippen LogP contribution is -2.29. The number of nitrogens with zero attached hydrogens (tertiary/aromatic N) is 2. The molecule has 1 aliphatic heterocycles. The molecule has 0 aliphatic carbocycles. The molecule has 0 radical (unpaired) electrons. The van der Waals surface area contributed by atoms with Gasteiger partial charge < -0.3 is 0 Å². The van der Waals surface area contributed by atoms with Crippen LogP contribution < -0.4 is 0 Å². The van der Waals surface area contributed by atoms with E-state index in [1.807, 2.05) is 19.1 Å². The molecule has 0 fully saturated rings. The fourth-order valence-corrected chi connectivity index (χ4v) is 4.84. The second-order valence-corrected chi connectivity index (χ2v) is 9.62. The van der Waals surface area contributed by atoms with Gasteiger partial charge in [-0.3, -0.25) is 0 Å². The molecule has 0 atom stereocenters. The van der Waals surface area contributed by atoms with Gasteiger partial charge in [0.1, 0.15) is 6.54 Å². The molecule has 1 aliphatic rings. The van der Waals surface area contributed by atoms with Crippen LogP contribution in [0.2, 0.25) is 0 Å². The Morgan fingerprint density at radius 3 is 2.40 bits per heavy atom. The van der Waals surface area contributed by atoms with E-state index in [1.165, 1.54) is 22.9 Å². The van der Waals surface area contributed by atoms with Crippen LogP contribution in [0.25, 0.3) is 0 Å². The lowest BCUT2D eigenvalue weighted by atomic mass is 9.82. The minimum absolute atomic E-state index is 0.142. The highest BCUT2D eigenvalue weighted by atomic mass is 32.2. The van der Waals surface area contributed by atoms with Crippen molar-refractivity contribution in [3.05, 3.63) is 23.8 Å². The van der Waals surface area contributed by atoms with Gasteiger partial charge in [-0.1, -0.05) is 20.3 Å². The third-order valence-electron chi connectivity index (χ3n) is 5.47. The summed E-state index contributed by atoms with van der Waals surface area (Å²) in [6.45, 7) is 12.3. The number of hydrogen-bond acceptors (Lipinski definition) is 2. The highest BCUT2D eigenvalue weighted by Gasteiger charge is 2.43. The summed E-state index contributed by atoms with van der Waals surface area (Å²) in [6.07, 6.45) is 4.38. The van der Waals surface area contributed by atoms with E-state index in [0.717, 1.165) is 30.6 Å². The third kappa shape index (κ3) is 3.68. The molecule has 0 aromatic heterocycles. The zero-order valence-corrected chi connectivity index (χ0v) is 17.4. The second-order valence-electron chi connectivity index (χ2n) is 7.57. The van der Waals surface area contributed by atoms with Gasteiger partial charge in [-0.15, -0.1) is 0 Å². The molecule has 1 heterocycles. The normalized spacial score (nSPS) is 16.6. The van der Waals surface area contributed by atoms with Crippen molar-refractivity contribution >= 4 is 21.4 Å². The molecular formula is C20H33N2O2S+. The van der Waals surface area contributed by atoms with E-state index < -0.39 is 10.0 Å². The summed E-state index contributed by atoms with van der Waals surface area (Å²) < 4.78 is 29.4. The highest BCUT2D eigenvalue weighted by Crippen LogP contribution is 2.41. The Morgan fingerprint density at radius 2 is 1.80 bits per heavy atom. The van der Waals surface area contributed by atoms with E-state index in [9.17, 15) is 8.42 Å². The number of rotatable bonds is 8. The topological polar surface area (TPSA) is 40.4 Å². The minimum Gasteiger partial charge on any atom is -0.207 e. The van der Waals surface area contributed by atoms with Crippen LogP contribution in [-0.4, -0.2) is 43.1 Å². The molecule has 1 aromatic rings. The smallest absolute Gasteiger partial charge is 0.207 e. The van der Waals surface area contributed by atoms with Crippen molar-refractivity contribution in [3.8, 4) is 0 Å². The van der Waals surface area contributed by atoms with E-state index in [4.69, 9.17) is 0 Å². The van der Waals surface area contributed by atoms with Crippen molar-refractivity contribution < 1.29 is 13.0 Å². The van der Waals surface area contributed by atoms with E-state index in [2.05, 4.69) is 32.3 Å². The highest BCUT2D eigenvalue weighted by molar-refractivity contribution is 7.89. The SMILES string of the molecule is CCCCC[N+]1=C(C)C(C)(C)c2cc(S(=O)(=O)N(C)CCC)ccc21. The zero-order chi connectivity index (χ0) is 18.8. The summed E-state index contributed by atoms with van der Waals surface area (Å²) in [5, 5.41) is 0. The van der Waals surface area contributed by atoms with Gasteiger partial charge in [0.05, 0.1) is 10.3 Å². The van der Waals surface area contributed by atoms with E-state index in [0.29, 0.717) is 11.4 Å². The average Bonchev–Trinajstić information content (AvgIpc) is 2.75. The monoisotopic (exact) mass is 365 g/mol. The number of hydrogen-bond donors (Lipinski definition) is 0. The van der Waals surface area contributed by atoms with Crippen LogP contribution in [0.5, 0.6) is 0 Å². The van der Waals surface area contributed by atoms with Crippen molar-refractivity contribution in [2.45, 2.75) is 70.6 Å². The first-order chi connectivity index (χ1) is 11.7. The third-order valence-corrected chi connectivity index (χ3v) is 7.33. The molecule has 0 amide bonds. The number of benzene rings is 1. The van der Waals surface area contributed by atoms with Crippen LogP contribution in [0.1, 0.15) is 65.9 Å². The Labute approximate surface area is 153 Å². The summed E-state index contributed by atoms with van der Waals surface area (Å²) in [4.78, 5) is 0.401. The van der Waals surface area contributed by atoms with Gasteiger partial charge in [-0.25, -0.2) is 12.7 Å². The molecule has 0 unspecified atom stereocenters. The van der Waals surface area contributed by atoms with E-state index in [-0.39, 0.29) is 5.41 Å². The maximum Gasteiger partial charge on any atom is 0.242 e. The van der Waals surface area contributed by atoms with E-state index in [1.54, 1.807) is 13.1 Å². The Balaban J connectivity index is 2.44. The summed E-state index contributed by atoms with van der Waals surface area (Å²) >= 11 is 0. The Morgan fingerprint density at radius 1 is 1.12 bits per heavy atom. The first-order valence-corrected chi connectivity index (χ1v) is 10.8. The zero-order valence-electron chi connectivity index (χ0n) is 16.6. The molecule has 0 saturated carbocycles. The lowest BCUT2D eigenvalue weighted by Gasteiger charge is -2.19. The first kappa shape index (κ1) is 20.1. The Hall–Kier alpha value is -1.20. The standard InChI is InChI=1S/C20H33N2O2S/c1-7-9-10-14-22-16(3)20(4,5)18-15-17(11-12-19(18)22)25(23,24)21(6)13-8-2/h11-12,15H,7-10,13-14H2,1-6H3/q+1. The molecular weight excluding hydrogens is 332 g/mol. The molecule has 0 N–H and O–H groups in total. The van der Waals surface area contributed by atoms with Gasteiger partial charge in [-0.05, 0) is 38.8 Å². The van der Waals surface area contributed by atoms with Crippen molar-refractivity contribution in [1.29, 1.82) is 0 Å². The molecule has 0 bridgehead atoms. The quantitative estimate of drug-likeness (QED) is 0.509. The van der Waals surface area contributed by atoms with Gasteiger partial charge in [-0.2, -0.15) is 4.58 Å². The van der Waals surface area contributed by atoms with Crippen LogP contribution in [0.3, 0.4) is 0 Å². The van der Waals surface area contributed by atoms with Crippen LogP contribution in [0.15, 0.2) is 23.1 Å². The summed E-state index contributed by atoms with van der Waals surface area (Å²) in [5.41, 5.74) is 3.44. The summed E-state index contributed by atoms with van der Waals surface area (Å²) in [5.74, 6) is 0. The van der Waals surface area contributed by atoms with Crippen molar-refractivity contribution in [2.75, 3.05) is 20.1 Å². The predicted octanol–water partition coefficient (Wildman–Crippen LogP) is 4.30. The first-order valence-electron chi connectivity index (χ1n) is 9.40. The molecule has 5 heteroatoms. The molecule has 4 nitrogen and oxygen atoms in total. The largest absolute Gasteiger partial charge is 0.242 e.